The maximum absolute atomic E-state index is 13.4. The van der Waals surface area contributed by atoms with Gasteiger partial charge in [0.25, 0.3) is 0 Å². The van der Waals surface area contributed by atoms with Gasteiger partial charge in [-0.3, -0.25) is 0 Å². The Labute approximate surface area is 80.3 Å². The fourth-order valence-corrected chi connectivity index (χ4v) is 1.70. The van der Waals surface area contributed by atoms with Crippen molar-refractivity contribution in [3.8, 4) is 0 Å². The molecule has 0 amide bonds. The molecule has 2 rings (SSSR count). The molecule has 0 spiro atoms. The molecule has 1 aromatic carbocycles. The summed E-state index contributed by atoms with van der Waals surface area (Å²) in [6.45, 7) is 0.662. The number of rotatable bonds is 0. The van der Waals surface area contributed by atoms with E-state index in [9.17, 15) is 9.50 Å². The highest BCUT2D eigenvalue weighted by Gasteiger charge is 2.22. The van der Waals surface area contributed by atoms with Crippen LogP contribution in [0, 0.1) is 5.82 Å². The molecule has 0 radical (unpaired) electrons. The van der Waals surface area contributed by atoms with Crippen molar-refractivity contribution >= 4 is 17.3 Å². The molecule has 13 heavy (non-hydrogen) atoms. The number of nitrogens with one attached hydrogen (secondary N) is 1. The number of hydrogen-bond acceptors (Lipinski definition) is 2. The van der Waals surface area contributed by atoms with Gasteiger partial charge < -0.3 is 10.4 Å². The summed E-state index contributed by atoms with van der Waals surface area (Å²) in [5, 5.41) is 12.6. The Morgan fingerprint density at radius 1 is 1.54 bits per heavy atom. The van der Waals surface area contributed by atoms with Crippen LogP contribution in [0.5, 0.6) is 0 Å². The van der Waals surface area contributed by atoms with Crippen LogP contribution in [-0.2, 0) is 0 Å². The van der Waals surface area contributed by atoms with Gasteiger partial charge >= 0.3 is 0 Å². The number of fused-ring (bicyclic) bond motifs is 1. The molecule has 0 aromatic heterocycles. The van der Waals surface area contributed by atoms with Crippen LogP contribution in [0.3, 0.4) is 0 Å². The maximum Gasteiger partial charge on any atom is 0.149 e. The summed E-state index contributed by atoms with van der Waals surface area (Å²) < 4.78 is 13.4. The predicted octanol–water partition coefficient (Wildman–Crippen LogP) is 2.33. The van der Waals surface area contributed by atoms with E-state index < -0.39 is 11.9 Å². The molecule has 0 saturated heterocycles. The van der Waals surface area contributed by atoms with E-state index in [0.29, 0.717) is 24.2 Å². The minimum atomic E-state index is -0.741. The summed E-state index contributed by atoms with van der Waals surface area (Å²) in [6, 6.07) is 3.17. The average molecular weight is 202 g/mol. The zero-order chi connectivity index (χ0) is 9.42. The van der Waals surface area contributed by atoms with E-state index in [1.165, 1.54) is 6.07 Å². The molecule has 0 bridgehead atoms. The first-order valence-corrected chi connectivity index (χ1v) is 4.48. The van der Waals surface area contributed by atoms with E-state index in [1.54, 1.807) is 6.07 Å². The van der Waals surface area contributed by atoms with Gasteiger partial charge in [-0.25, -0.2) is 4.39 Å². The van der Waals surface area contributed by atoms with Gasteiger partial charge in [0.1, 0.15) is 5.82 Å². The van der Waals surface area contributed by atoms with Crippen LogP contribution in [0.4, 0.5) is 10.1 Å². The van der Waals surface area contributed by atoms with Crippen molar-refractivity contribution in [1.29, 1.82) is 0 Å². The van der Waals surface area contributed by atoms with Crippen LogP contribution in [0.25, 0.3) is 0 Å². The quantitative estimate of drug-likeness (QED) is 0.675. The third kappa shape index (κ3) is 1.38. The molecule has 0 saturated carbocycles. The SMILES string of the molecule is OC1CCNc2ccc(Cl)c(F)c21. The van der Waals surface area contributed by atoms with Crippen molar-refractivity contribution < 1.29 is 9.50 Å². The Hall–Kier alpha value is -0.800. The molecule has 1 aromatic rings. The van der Waals surface area contributed by atoms with E-state index in [-0.39, 0.29) is 5.02 Å². The molecule has 1 unspecified atom stereocenters. The van der Waals surface area contributed by atoms with Crippen LogP contribution in [0.15, 0.2) is 12.1 Å². The molecule has 2 N–H and O–H groups in total. The van der Waals surface area contributed by atoms with Crippen molar-refractivity contribution in [3.63, 3.8) is 0 Å². The zero-order valence-electron chi connectivity index (χ0n) is 6.85. The fraction of sp³-hybridized carbons (Fsp3) is 0.333. The highest BCUT2D eigenvalue weighted by Crippen LogP contribution is 2.34. The van der Waals surface area contributed by atoms with Gasteiger partial charge in [-0.2, -0.15) is 0 Å². The lowest BCUT2D eigenvalue weighted by Gasteiger charge is -2.23. The molecule has 1 heterocycles. The normalized spacial score (nSPS) is 20.7. The van der Waals surface area contributed by atoms with E-state index in [0.717, 1.165) is 0 Å². The Balaban J connectivity index is 2.58. The summed E-state index contributed by atoms with van der Waals surface area (Å²) in [7, 11) is 0. The van der Waals surface area contributed by atoms with Gasteiger partial charge in [0.15, 0.2) is 0 Å². The summed E-state index contributed by atoms with van der Waals surface area (Å²) in [5.74, 6) is -0.515. The molecular formula is C9H9ClFNO. The van der Waals surface area contributed by atoms with Crippen molar-refractivity contribution in [2.24, 2.45) is 0 Å². The number of aliphatic hydroxyl groups excluding tert-OH is 1. The zero-order valence-corrected chi connectivity index (χ0v) is 7.61. The van der Waals surface area contributed by atoms with E-state index in [1.807, 2.05) is 0 Å². The molecule has 0 aliphatic carbocycles. The lowest BCUT2D eigenvalue weighted by molar-refractivity contribution is 0.164. The third-order valence-electron chi connectivity index (χ3n) is 2.20. The van der Waals surface area contributed by atoms with E-state index in [2.05, 4.69) is 5.32 Å². The summed E-state index contributed by atoms with van der Waals surface area (Å²) >= 11 is 5.60. The van der Waals surface area contributed by atoms with Crippen molar-refractivity contribution in [1.82, 2.24) is 0 Å². The number of halogens is 2. The number of aliphatic hydroxyl groups is 1. The molecule has 1 aliphatic heterocycles. The minimum absolute atomic E-state index is 0.0569. The third-order valence-corrected chi connectivity index (χ3v) is 2.49. The highest BCUT2D eigenvalue weighted by atomic mass is 35.5. The van der Waals surface area contributed by atoms with Crippen LogP contribution >= 0.6 is 11.6 Å². The lowest BCUT2D eigenvalue weighted by atomic mass is 10.00. The van der Waals surface area contributed by atoms with Gasteiger partial charge in [-0.05, 0) is 18.6 Å². The molecule has 70 valence electrons. The topological polar surface area (TPSA) is 32.3 Å². The van der Waals surface area contributed by atoms with Gasteiger partial charge in [0.2, 0.25) is 0 Å². The monoisotopic (exact) mass is 201 g/mol. The molecule has 0 fully saturated rings. The Morgan fingerprint density at radius 2 is 2.31 bits per heavy atom. The standard InChI is InChI=1S/C9H9ClFNO/c10-5-1-2-6-8(9(5)11)7(13)3-4-12-6/h1-2,7,12-13H,3-4H2. The smallest absolute Gasteiger partial charge is 0.149 e. The van der Waals surface area contributed by atoms with Crippen molar-refractivity contribution in [2.45, 2.75) is 12.5 Å². The molecular weight excluding hydrogens is 193 g/mol. The van der Waals surface area contributed by atoms with Gasteiger partial charge in [0.05, 0.1) is 11.1 Å². The van der Waals surface area contributed by atoms with Gasteiger partial charge in [0, 0.05) is 17.8 Å². The molecule has 1 atom stereocenters. The van der Waals surface area contributed by atoms with E-state index in [4.69, 9.17) is 11.6 Å². The Morgan fingerprint density at radius 3 is 3.08 bits per heavy atom. The average Bonchev–Trinajstić information content (AvgIpc) is 2.12. The van der Waals surface area contributed by atoms with E-state index >= 15 is 0 Å². The minimum Gasteiger partial charge on any atom is -0.388 e. The molecule has 1 aliphatic rings. The van der Waals surface area contributed by atoms with Crippen molar-refractivity contribution in [2.75, 3.05) is 11.9 Å². The van der Waals surface area contributed by atoms with Gasteiger partial charge in [-0.15, -0.1) is 0 Å². The lowest BCUT2D eigenvalue weighted by Crippen LogP contribution is -2.17. The molecule has 4 heteroatoms. The largest absolute Gasteiger partial charge is 0.388 e. The summed E-state index contributed by atoms with van der Waals surface area (Å²) in [4.78, 5) is 0. The van der Waals surface area contributed by atoms with Crippen LogP contribution in [0.1, 0.15) is 18.1 Å². The van der Waals surface area contributed by atoms with Crippen LogP contribution < -0.4 is 5.32 Å². The number of benzene rings is 1. The predicted molar refractivity (Wildman–Crippen MR) is 49.5 cm³/mol. The Bertz CT molecular complexity index is 343. The first-order chi connectivity index (χ1) is 6.20. The number of anilines is 1. The first kappa shape index (κ1) is 8.78. The molecule has 2 nitrogen and oxygen atoms in total. The Kier molecular flexibility index (Phi) is 2.14. The fourth-order valence-electron chi connectivity index (χ4n) is 1.53. The van der Waals surface area contributed by atoms with Crippen LogP contribution in [-0.4, -0.2) is 11.7 Å². The first-order valence-electron chi connectivity index (χ1n) is 4.10. The summed E-state index contributed by atoms with van der Waals surface area (Å²) in [5.41, 5.74) is 0.930. The van der Waals surface area contributed by atoms with Gasteiger partial charge in [-0.1, -0.05) is 11.6 Å². The second-order valence-corrected chi connectivity index (χ2v) is 3.46. The highest BCUT2D eigenvalue weighted by molar-refractivity contribution is 6.30. The summed E-state index contributed by atoms with van der Waals surface area (Å²) in [6.07, 6.45) is -0.223. The second-order valence-electron chi connectivity index (χ2n) is 3.05. The maximum atomic E-state index is 13.4. The number of hydrogen-bond donors (Lipinski definition) is 2. The van der Waals surface area contributed by atoms with Crippen molar-refractivity contribution in [3.05, 3.63) is 28.5 Å². The van der Waals surface area contributed by atoms with Crippen LogP contribution in [0.2, 0.25) is 5.02 Å². The second kappa shape index (κ2) is 3.16.